The number of hydrogen-bond donors (Lipinski definition) is 0. The number of benzene rings is 7. The Kier molecular flexibility index (Phi) is 6.10. The predicted octanol–water partition coefficient (Wildman–Crippen LogP) is 12.4. The van der Waals surface area contributed by atoms with Gasteiger partial charge in [0, 0.05) is 20.9 Å². The van der Waals surface area contributed by atoms with E-state index in [1.165, 1.54) is 54.3 Å². The van der Waals surface area contributed by atoms with Gasteiger partial charge in [-0.2, -0.15) is 0 Å². The summed E-state index contributed by atoms with van der Waals surface area (Å²) in [5.74, 6) is 1.72. The zero-order valence-corrected chi connectivity index (χ0v) is 28.2. The molecule has 3 heteroatoms. The Morgan fingerprint density at radius 2 is 0.939 bits per heavy atom. The van der Waals surface area contributed by atoms with E-state index in [2.05, 4.69) is 158 Å². The molecule has 1 spiro atoms. The number of hydrogen-bond acceptors (Lipinski definition) is 3. The highest BCUT2D eigenvalue weighted by Crippen LogP contribution is 2.62. The molecule has 2 heterocycles. The summed E-state index contributed by atoms with van der Waals surface area (Å²) >= 11 is 1.89. The van der Waals surface area contributed by atoms with Crippen LogP contribution in [-0.2, 0) is 10.8 Å². The van der Waals surface area contributed by atoms with Crippen molar-refractivity contribution in [3.05, 3.63) is 197 Å². The first kappa shape index (κ1) is 28.5. The molecule has 7 aromatic rings. The van der Waals surface area contributed by atoms with E-state index in [-0.39, 0.29) is 5.41 Å². The van der Waals surface area contributed by atoms with Crippen molar-refractivity contribution >= 4 is 28.8 Å². The van der Waals surface area contributed by atoms with Crippen molar-refractivity contribution in [3.63, 3.8) is 0 Å². The van der Waals surface area contributed by atoms with Crippen LogP contribution in [-0.4, -0.2) is 0 Å². The van der Waals surface area contributed by atoms with Crippen molar-refractivity contribution in [2.45, 2.75) is 34.5 Å². The maximum absolute atomic E-state index is 6.27. The van der Waals surface area contributed by atoms with E-state index in [1.807, 2.05) is 36.0 Å². The Balaban J connectivity index is 1.16. The smallest absolute Gasteiger partial charge is 0.151 e. The third-order valence-electron chi connectivity index (χ3n) is 10.8. The van der Waals surface area contributed by atoms with E-state index in [9.17, 15) is 0 Å². The molecular weight excluding hydrogens is 615 g/mol. The number of para-hydroxylation sites is 4. The van der Waals surface area contributed by atoms with Gasteiger partial charge in [0.25, 0.3) is 0 Å². The van der Waals surface area contributed by atoms with E-state index in [1.54, 1.807) is 0 Å². The monoisotopic (exact) mass is 647 g/mol. The molecule has 0 bridgehead atoms. The molecule has 0 unspecified atom stereocenters. The van der Waals surface area contributed by atoms with Gasteiger partial charge in [0.05, 0.1) is 16.8 Å². The van der Waals surface area contributed by atoms with Crippen LogP contribution in [0.5, 0.6) is 11.5 Å². The van der Waals surface area contributed by atoms with E-state index >= 15 is 0 Å². The van der Waals surface area contributed by atoms with Crippen LogP contribution >= 0.6 is 11.8 Å². The summed E-state index contributed by atoms with van der Waals surface area (Å²) in [6, 6.07) is 60.0. The Bertz CT molecular complexity index is 2350. The largest absolute Gasteiger partial charge is 0.453 e. The van der Waals surface area contributed by atoms with Gasteiger partial charge in [-0.15, -0.1) is 0 Å². The molecule has 10 rings (SSSR count). The van der Waals surface area contributed by atoms with Crippen molar-refractivity contribution in [2.24, 2.45) is 0 Å². The summed E-state index contributed by atoms with van der Waals surface area (Å²) in [6.07, 6.45) is 0. The first-order valence-corrected chi connectivity index (χ1v) is 17.7. The molecule has 49 heavy (non-hydrogen) atoms. The van der Waals surface area contributed by atoms with Gasteiger partial charge in [-0.3, -0.25) is 0 Å². The van der Waals surface area contributed by atoms with E-state index in [0.717, 1.165) is 28.6 Å². The van der Waals surface area contributed by atoms with Crippen LogP contribution < -0.4 is 9.64 Å². The molecular formula is C46H33NOS. The number of ether oxygens (including phenoxy) is 1. The number of fused-ring (bicyclic) bond motifs is 10. The summed E-state index contributed by atoms with van der Waals surface area (Å²) in [5, 5.41) is 0. The van der Waals surface area contributed by atoms with Gasteiger partial charge in [-0.1, -0.05) is 135 Å². The second-order valence-electron chi connectivity index (χ2n) is 13.7. The standard InChI is InChI=1S/C46H33NOS/c1-45(2)33-13-3-5-15-35(33)46(36-16-6-4-14-34(36)45)37-17-7-12-22-43(37)49-44-28-25-31(29-38(44)46)30-23-26-32(27-24-30)47-39-18-8-10-20-41(39)48-42-21-11-9-19-40(42)47/h3-29H,1-2H3. The van der Waals surface area contributed by atoms with Gasteiger partial charge in [-0.25, -0.2) is 0 Å². The summed E-state index contributed by atoms with van der Waals surface area (Å²) in [5.41, 5.74) is 13.3. The molecule has 0 aromatic heterocycles. The van der Waals surface area contributed by atoms with Crippen molar-refractivity contribution < 1.29 is 4.74 Å². The molecule has 0 saturated heterocycles. The van der Waals surface area contributed by atoms with Crippen LogP contribution in [0.3, 0.4) is 0 Å². The summed E-state index contributed by atoms with van der Waals surface area (Å²) < 4.78 is 6.27. The van der Waals surface area contributed by atoms with Gasteiger partial charge in [0.2, 0.25) is 0 Å². The molecule has 0 fully saturated rings. The van der Waals surface area contributed by atoms with Crippen molar-refractivity contribution in [2.75, 3.05) is 4.90 Å². The molecule has 0 saturated carbocycles. The lowest BCUT2D eigenvalue weighted by Crippen LogP contribution is -2.43. The van der Waals surface area contributed by atoms with Gasteiger partial charge in [0.1, 0.15) is 0 Å². The first-order valence-electron chi connectivity index (χ1n) is 16.9. The van der Waals surface area contributed by atoms with Crippen molar-refractivity contribution in [3.8, 4) is 22.6 Å². The van der Waals surface area contributed by atoms with Gasteiger partial charge in [0.15, 0.2) is 11.5 Å². The summed E-state index contributed by atoms with van der Waals surface area (Å²) in [7, 11) is 0. The van der Waals surface area contributed by atoms with Crippen LogP contribution in [0.4, 0.5) is 17.1 Å². The van der Waals surface area contributed by atoms with Gasteiger partial charge >= 0.3 is 0 Å². The fraction of sp³-hybridized carbons (Fsp3) is 0.0870. The Hall–Kier alpha value is -5.51. The normalized spacial score (nSPS) is 15.5. The fourth-order valence-electron chi connectivity index (χ4n) is 8.59. The summed E-state index contributed by atoms with van der Waals surface area (Å²) in [4.78, 5) is 4.93. The molecule has 1 aliphatic carbocycles. The lowest BCUT2D eigenvalue weighted by atomic mass is 9.54. The topological polar surface area (TPSA) is 12.5 Å². The minimum absolute atomic E-state index is 0.123. The van der Waals surface area contributed by atoms with E-state index < -0.39 is 5.41 Å². The molecule has 0 amide bonds. The van der Waals surface area contributed by atoms with Crippen LogP contribution in [0.1, 0.15) is 47.2 Å². The Labute approximate surface area is 291 Å². The quantitative estimate of drug-likeness (QED) is 0.185. The minimum Gasteiger partial charge on any atom is -0.453 e. The second kappa shape index (κ2) is 10.5. The second-order valence-corrected chi connectivity index (χ2v) is 14.8. The molecule has 0 atom stereocenters. The van der Waals surface area contributed by atoms with Crippen LogP contribution in [0.25, 0.3) is 11.1 Å². The number of rotatable bonds is 2. The molecule has 0 radical (unpaired) electrons. The highest BCUT2D eigenvalue weighted by Gasteiger charge is 2.52. The average Bonchev–Trinajstić information content (AvgIpc) is 3.15. The predicted molar refractivity (Wildman–Crippen MR) is 201 cm³/mol. The average molecular weight is 648 g/mol. The molecule has 2 aliphatic heterocycles. The molecule has 7 aromatic carbocycles. The van der Waals surface area contributed by atoms with Crippen LogP contribution in [0.15, 0.2) is 174 Å². The minimum atomic E-state index is -0.433. The van der Waals surface area contributed by atoms with Crippen molar-refractivity contribution in [1.82, 2.24) is 0 Å². The summed E-state index contributed by atoms with van der Waals surface area (Å²) in [6.45, 7) is 4.76. The SMILES string of the molecule is CC1(C)c2ccccc2C2(c3ccccc3Sc3ccc(-c4ccc(N5c6ccccc6Oc6ccccc65)cc4)cc32)c2ccccc21. The van der Waals surface area contributed by atoms with E-state index in [4.69, 9.17) is 4.74 Å². The highest BCUT2D eigenvalue weighted by molar-refractivity contribution is 7.99. The van der Waals surface area contributed by atoms with Gasteiger partial charge < -0.3 is 9.64 Å². The highest BCUT2D eigenvalue weighted by atomic mass is 32.2. The zero-order chi connectivity index (χ0) is 32.7. The Morgan fingerprint density at radius 3 is 1.57 bits per heavy atom. The molecule has 234 valence electrons. The van der Waals surface area contributed by atoms with Crippen LogP contribution in [0, 0.1) is 0 Å². The fourth-order valence-corrected chi connectivity index (χ4v) is 9.76. The van der Waals surface area contributed by atoms with Crippen LogP contribution in [0.2, 0.25) is 0 Å². The molecule has 0 N–H and O–H groups in total. The lowest BCUT2D eigenvalue weighted by molar-refractivity contribution is 0.477. The van der Waals surface area contributed by atoms with Gasteiger partial charge in [-0.05, 0) is 99.1 Å². The number of nitrogens with zero attached hydrogens (tertiary/aromatic N) is 1. The molecule has 2 nitrogen and oxygen atoms in total. The third-order valence-corrected chi connectivity index (χ3v) is 11.9. The number of anilines is 3. The Morgan fingerprint density at radius 1 is 0.449 bits per heavy atom. The maximum Gasteiger partial charge on any atom is 0.151 e. The third kappa shape index (κ3) is 3.97. The first-order chi connectivity index (χ1) is 24.0. The molecule has 3 aliphatic rings. The lowest BCUT2D eigenvalue weighted by Gasteiger charge is -2.50. The van der Waals surface area contributed by atoms with Crippen molar-refractivity contribution in [1.29, 1.82) is 0 Å². The van der Waals surface area contributed by atoms with E-state index in [0.29, 0.717) is 0 Å². The maximum atomic E-state index is 6.27. The zero-order valence-electron chi connectivity index (χ0n) is 27.4.